The maximum Gasteiger partial charge on any atom is 0.419 e. The molecule has 206 valence electrons. The van der Waals surface area contributed by atoms with Crippen LogP contribution < -0.4 is 4.90 Å². The fourth-order valence-electron chi connectivity index (χ4n) is 4.73. The lowest BCUT2D eigenvalue weighted by Crippen LogP contribution is -2.28. The molecule has 1 atom stereocenters. The lowest BCUT2D eigenvalue weighted by Gasteiger charge is -2.24. The molecular weight excluding hydrogens is 526 g/mol. The Balaban J connectivity index is 1.78. The molecule has 0 saturated carbocycles. The number of ether oxygens (including phenoxy) is 1. The maximum atomic E-state index is 14.3. The van der Waals surface area contributed by atoms with Crippen molar-refractivity contribution in [1.82, 2.24) is 20.0 Å². The number of rotatable bonds is 5. The molecule has 1 aliphatic rings. The van der Waals surface area contributed by atoms with Crippen LogP contribution in [0.25, 0.3) is 33.4 Å². The van der Waals surface area contributed by atoms with Crippen molar-refractivity contribution in [2.24, 2.45) is 0 Å². The lowest BCUT2D eigenvalue weighted by atomic mass is 10.1. The summed E-state index contributed by atoms with van der Waals surface area (Å²) in [6.45, 7) is 6.57. The molecule has 0 bridgehead atoms. The van der Waals surface area contributed by atoms with E-state index in [1.165, 1.54) is 4.57 Å². The highest BCUT2D eigenvalue weighted by Crippen LogP contribution is 2.41. The van der Waals surface area contributed by atoms with Gasteiger partial charge in [0.15, 0.2) is 0 Å². The number of alkyl halides is 2. The van der Waals surface area contributed by atoms with E-state index in [9.17, 15) is 17.8 Å². The topological polar surface area (TPSA) is 117 Å². The third-order valence-electron chi connectivity index (χ3n) is 6.63. The molecule has 0 spiro atoms. The highest BCUT2D eigenvalue weighted by molar-refractivity contribution is 7.92. The Morgan fingerprint density at radius 1 is 1.21 bits per heavy atom. The monoisotopic (exact) mass is 556 g/mol. The van der Waals surface area contributed by atoms with Crippen LogP contribution in [-0.4, -0.2) is 60.6 Å². The summed E-state index contributed by atoms with van der Waals surface area (Å²) in [5.74, 6) is -2.77. The number of carbonyl (C=O) groups is 1. The molecule has 9 nitrogen and oxygen atoms in total. The fraction of sp³-hybridized carbons (Fsp3) is 0.370. The molecule has 0 aliphatic carbocycles. The zero-order valence-electron chi connectivity index (χ0n) is 22.1. The van der Waals surface area contributed by atoms with Crippen molar-refractivity contribution in [3.05, 3.63) is 48.7 Å². The molecule has 2 N–H and O–H groups in total. The third kappa shape index (κ3) is 5.25. The van der Waals surface area contributed by atoms with Crippen molar-refractivity contribution in [3.8, 4) is 22.5 Å². The minimum atomic E-state index is -3.13. The van der Waals surface area contributed by atoms with Crippen LogP contribution in [-0.2, 0) is 14.5 Å². The largest absolute Gasteiger partial charge is 0.443 e. The molecule has 12 heteroatoms. The normalized spacial score (nSPS) is 16.9. The quantitative estimate of drug-likeness (QED) is 0.305. The number of hydrogen-bond donors (Lipinski definition) is 2. The summed E-state index contributed by atoms with van der Waals surface area (Å²) in [6, 6.07) is 11.9. The van der Waals surface area contributed by atoms with E-state index in [4.69, 9.17) is 9.52 Å². The lowest BCUT2D eigenvalue weighted by molar-refractivity contribution is 0.0257. The number of fused-ring (bicyclic) bond motifs is 1. The van der Waals surface area contributed by atoms with Gasteiger partial charge in [-0.1, -0.05) is 13.0 Å². The molecule has 1 unspecified atom stereocenters. The SMILES string of the molecule is CCS(=N)(=O)c1ccc(N2CCC(F)(F)C2)c(-c2cc3cc(-c4cn[nH]n4)ccc3n2C(=O)OC(C)(C)C)c1. The van der Waals surface area contributed by atoms with Gasteiger partial charge in [0.25, 0.3) is 5.92 Å². The minimum absolute atomic E-state index is 0.0870. The summed E-state index contributed by atoms with van der Waals surface area (Å²) in [7, 11) is -3.13. The smallest absolute Gasteiger partial charge is 0.419 e. The number of carbonyl (C=O) groups excluding carboxylic acids is 1. The summed E-state index contributed by atoms with van der Waals surface area (Å²) in [6.07, 6.45) is 0.637. The fourth-order valence-corrected chi connectivity index (χ4v) is 5.66. The number of nitrogens with one attached hydrogen (secondary N) is 2. The minimum Gasteiger partial charge on any atom is -0.443 e. The Morgan fingerprint density at radius 3 is 2.59 bits per heavy atom. The van der Waals surface area contributed by atoms with Crippen LogP contribution in [0, 0.1) is 4.78 Å². The Morgan fingerprint density at radius 2 is 1.97 bits per heavy atom. The van der Waals surface area contributed by atoms with E-state index in [1.807, 2.05) is 6.07 Å². The molecule has 3 heterocycles. The van der Waals surface area contributed by atoms with Crippen LogP contribution >= 0.6 is 0 Å². The van der Waals surface area contributed by atoms with Crippen molar-refractivity contribution in [2.75, 3.05) is 23.7 Å². The third-order valence-corrected chi connectivity index (χ3v) is 8.46. The standard InChI is InChI=1S/C27H30F2N6O3S/c1-5-39(30,37)19-7-9-23(34-11-10-27(28,29)16-34)20(14-19)24-13-18-12-17(21-15-31-33-32-21)6-8-22(18)35(24)25(36)38-26(2,3)4/h6-9,12-15,30H,5,10-11,16H2,1-4H3,(H,31,32,33). The van der Waals surface area contributed by atoms with Gasteiger partial charge in [0, 0.05) is 45.8 Å². The Bertz CT molecular complexity index is 1660. The number of aromatic amines is 1. The Labute approximate surface area is 225 Å². The summed E-state index contributed by atoms with van der Waals surface area (Å²) in [5.41, 5.74) is 2.38. The van der Waals surface area contributed by atoms with Gasteiger partial charge in [-0.3, -0.25) is 0 Å². The van der Waals surface area contributed by atoms with Crippen LogP contribution in [0.3, 0.4) is 0 Å². The average molecular weight is 557 g/mol. The second-order valence-electron chi connectivity index (χ2n) is 10.6. The number of halogens is 2. The van der Waals surface area contributed by atoms with Crippen molar-refractivity contribution >= 4 is 32.4 Å². The van der Waals surface area contributed by atoms with Crippen LogP contribution in [0.15, 0.2) is 53.6 Å². The summed E-state index contributed by atoms with van der Waals surface area (Å²) < 4.78 is 57.1. The molecule has 1 fully saturated rings. The van der Waals surface area contributed by atoms with Crippen LogP contribution in [0.4, 0.5) is 19.3 Å². The van der Waals surface area contributed by atoms with Crippen molar-refractivity contribution in [3.63, 3.8) is 0 Å². The van der Waals surface area contributed by atoms with Crippen molar-refractivity contribution in [1.29, 1.82) is 4.78 Å². The van der Waals surface area contributed by atoms with E-state index in [0.717, 1.165) is 5.56 Å². The van der Waals surface area contributed by atoms with E-state index >= 15 is 0 Å². The van der Waals surface area contributed by atoms with Crippen LogP contribution in [0.2, 0.25) is 0 Å². The second kappa shape index (κ2) is 9.44. The predicted molar refractivity (Wildman–Crippen MR) is 146 cm³/mol. The first-order valence-corrected chi connectivity index (χ1v) is 14.3. The number of H-pyrrole nitrogens is 1. The van der Waals surface area contributed by atoms with E-state index in [-0.39, 0.29) is 23.6 Å². The average Bonchev–Trinajstić information content (AvgIpc) is 3.60. The van der Waals surface area contributed by atoms with Crippen molar-refractivity contribution in [2.45, 2.75) is 50.5 Å². The van der Waals surface area contributed by atoms with Gasteiger partial charge < -0.3 is 9.64 Å². The number of hydrogen-bond acceptors (Lipinski definition) is 7. The Hall–Kier alpha value is -3.80. The summed E-state index contributed by atoms with van der Waals surface area (Å²) in [5, 5.41) is 11.3. The van der Waals surface area contributed by atoms with E-state index in [1.54, 1.807) is 75.2 Å². The first kappa shape index (κ1) is 26.8. The van der Waals surface area contributed by atoms with Gasteiger partial charge >= 0.3 is 6.09 Å². The highest BCUT2D eigenvalue weighted by atomic mass is 32.2. The number of anilines is 1. The second-order valence-corrected chi connectivity index (χ2v) is 13.0. The summed E-state index contributed by atoms with van der Waals surface area (Å²) >= 11 is 0. The van der Waals surface area contributed by atoms with E-state index in [2.05, 4.69) is 15.4 Å². The molecule has 39 heavy (non-hydrogen) atoms. The molecule has 0 amide bonds. The van der Waals surface area contributed by atoms with Gasteiger partial charge in [0.1, 0.15) is 11.3 Å². The zero-order chi connectivity index (χ0) is 28.2. The number of benzene rings is 2. The first-order chi connectivity index (χ1) is 18.3. The van der Waals surface area contributed by atoms with Gasteiger partial charge in [-0.2, -0.15) is 15.4 Å². The molecule has 4 aromatic rings. The van der Waals surface area contributed by atoms with Gasteiger partial charge in [-0.05, 0) is 57.2 Å². The van der Waals surface area contributed by atoms with Crippen LogP contribution in [0.5, 0.6) is 0 Å². The van der Waals surface area contributed by atoms with Crippen LogP contribution in [0.1, 0.15) is 34.1 Å². The molecule has 1 saturated heterocycles. The number of aromatic nitrogens is 4. The molecule has 2 aromatic heterocycles. The molecule has 1 aliphatic heterocycles. The molecule has 5 rings (SSSR count). The Kier molecular flexibility index (Phi) is 6.48. The summed E-state index contributed by atoms with van der Waals surface area (Å²) in [4.78, 5) is 15.4. The molecule has 2 aromatic carbocycles. The molecule has 0 radical (unpaired) electrons. The predicted octanol–water partition coefficient (Wildman–Crippen LogP) is 6.15. The van der Waals surface area contributed by atoms with Gasteiger partial charge in [0.2, 0.25) is 0 Å². The number of nitrogens with zero attached hydrogens (tertiary/aromatic N) is 4. The van der Waals surface area contributed by atoms with Crippen molar-refractivity contribution < 1.29 is 22.5 Å². The van der Waals surface area contributed by atoms with E-state index < -0.39 is 33.9 Å². The van der Waals surface area contributed by atoms with Gasteiger partial charge in [-0.15, -0.1) is 0 Å². The maximum absolute atomic E-state index is 14.3. The first-order valence-electron chi connectivity index (χ1n) is 12.6. The van der Waals surface area contributed by atoms with Gasteiger partial charge in [-0.25, -0.2) is 27.1 Å². The van der Waals surface area contributed by atoms with Gasteiger partial charge in [0.05, 0.1) is 33.7 Å². The zero-order valence-corrected chi connectivity index (χ0v) is 22.9. The van der Waals surface area contributed by atoms with E-state index in [0.29, 0.717) is 33.5 Å². The molecular formula is C27H30F2N6O3S. The highest BCUT2D eigenvalue weighted by Gasteiger charge is 2.39.